The molecule has 2 N–H and O–H groups in total. The van der Waals surface area contributed by atoms with E-state index in [-0.39, 0.29) is 5.28 Å². The van der Waals surface area contributed by atoms with Crippen molar-refractivity contribution < 1.29 is 4.74 Å². The second-order valence-corrected chi connectivity index (χ2v) is 5.32. The van der Waals surface area contributed by atoms with Crippen LogP contribution in [0.5, 0.6) is 0 Å². The summed E-state index contributed by atoms with van der Waals surface area (Å²) >= 11 is 5.87. The minimum Gasteiger partial charge on any atom is -0.381 e. The summed E-state index contributed by atoms with van der Waals surface area (Å²) in [4.78, 5) is 12.3. The van der Waals surface area contributed by atoms with Gasteiger partial charge in [-0.2, -0.15) is 15.0 Å². The van der Waals surface area contributed by atoms with Crippen LogP contribution in [0.4, 0.5) is 11.9 Å². The van der Waals surface area contributed by atoms with Crippen LogP contribution < -0.4 is 10.6 Å². The summed E-state index contributed by atoms with van der Waals surface area (Å²) in [5, 5.41) is 6.43. The molecule has 0 bridgehead atoms. The predicted molar refractivity (Wildman–Crippen MR) is 80.3 cm³/mol. The number of anilines is 2. The van der Waals surface area contributed by atoms with Crippen molar-refractivity contribution in [2.75, 3.05) is 36.9 Å². The van der Waals surface area contributed by atoms with Gasteiger partial charge in [-0.15, -0.1) is 0 Å². The maximum atomic E-state index is 5.87. The Bertz CT molecular complexity index is 414. The van der Waals surface area contributed by atoms with Crippen LogP contribution in [0.25, 0.3) is 0 Å². The molecule has 7 heteroatoms. The third kappa shape index (κ3) is 5.88. The number of nitrogens with one attached hydrogen (secondary N) is 2. The predicted octanol–water partition coefficient (Wildman–Crippen LogP) is 2.58. The molecule has 1 aliphatic rings. The zero-order chi connectivity index (χ0) is 14.2. The van der Waals surface area contributed by atoms with E-state index in [0.717, 1.165) is 45.1 Å². The van der Waals surface area contributed by atoms with Crippen LogP contribution in [0.2, 0.25) is 5.28 Å². The SMILES string of the molecule is CCCNc1nc(Cl)nc(NCCCOCC2CC2)n1. The van der Waals surface area contributed by atoms with Crippen LogP contribution in [0.3, 0.4) is 0 Å². The maximum Gasteiger partial charge on any atom is 0.228 e. The number of halogens is 1. The fraction of sp³-hybridized carbons (Fsp3) is 0.769. The van der Waals surface area contributed by atoms with E-state index >= 15 is 0 Å². The number of ether oxygens (including phenoxy) is 1. The van der Waals surface area contributed by atoms with Gasteiger partial charge in [-0.1, -0.05) is 6.92 Å². The fourth-order valence-electron chi connectivity index (χ4n) is 1.65. The second-order valence-electron chi connectivity index (χ2n) is 4.98. The van der Waals surface area contributed by atoms with E-state index in [1.807, 2.05) is 0 Å². The summed E-state index contributed by atoms with van der Waals surface area (Å²) in [6.45, 7) is 5.33. The number of nitrogens with zero attached hydrogens (tertiary/aromatic N) is 3. The summed E-state index contributed by atoms with van der Waals surface area (Å²) < 4.78 is 5.56. The summed E-state index contributed by atoms with van der Waals surface area (Å²) in [5.41, 5.74) is 0. The Balaban J connectivity index is 1.66. The molecule has 0 unspecified atom stereocenters. The zero-order valence-electron chi connectivity index (χ0n) is 11.9. The highest BCUT2D eigenvalue weighted by Gasteiger charge is 2.20. The molecule has 6 nitrogen and oxygen atoms in total. The molecular weight excluding hydrogens is 278 g/mol. The van der Waals surface area contributed by atoms with Crippen LogP contribution in [0.15, 0.2) is 0 Å². The molecule has 1 saturated carbocycles. The summed E-state index contributed by atoms with van der Waals surface area (Å²) in [5.74, 6) is 1.84. The van der Waals surface area contributed by atoms with Crippen molar-refractivity contribution in [1.82, 2.24) is 15.0 Å². The van der Waals surface area contributed by atoms with Gasteiger partial charge in [-0.3, -0.25) is 0 Å². The van der Waals surface area contributed by atoms with E-state index in [4.69, 9.17) is 16.3 Å². The monoisotopic (exact) mass is 299 g/mol. The van der Waals surface area contributed by atoms with Gasteiger partial charge in [0.25, 0.3) is 0 Å². The van der Waals surface area contributed by atoms with Crippen LogP contribution in [0, 0.1) is 5.92 Å². The normalized spacial score (nSPS) is 14.3. The second kappa shape index (κ2) is 8.21. The van der Waals surface area contributed by atoms with Crippen molar-refractivity contribution in [3.05, 3.63) is 5.28 Å². The molecule has 0 saturated heterocycles. The van der Waals surface area contributed by atoms with Crippen molar-refractivity contribution in [2.24, 2.45) is 5.92 Å². The molecule has 0 amide bonds. The highest BCUT2D eigenvalue weighted by atomic mass is 35.5. The maximum absolute atomic E-state index is 5.87. The van der Waals surface area contributed by atoms with E-state index < -0.39 is 0 Å². The van der Waals surface area contributed by atoms with E-state index in [9.17, 15) is 0 Å². The van der Waals surface area contributed by atoms with Gasteiger partial charge in [0.05, 0.1) is 0 Å². The smallest absolute Gasteiger partial charge is 0.228 e. The highest BCUT2D eigenvalue weighted by Crippen LogP contribution is 2.28. The largest absolute Gasteiger partial charge is 0.381 e. The summed E-state index contributed by atoms with van der Waals surface area (Å²) in [7, 11) is 0. The summed E-state index contributed by atoms with van der Waals surface area (Å²) in [6.07, 6.45) is 4.59. The molecule has 112 valence electrons. The minimum atomic E-state index is 0.200. The quantitative estimate of drug-likeness (QED) is 0.647. The number of hydrogen-bond acceptors (Lipinski definition) is 6. The lowest BCUT2D eigenvalue weighted by molar-refractivity contribution is 0.124. The Hall–Kier alpha value is -1.14. The van der Waals surface area contributed by atoms with E-state index in [2.05, 4.69) is 32.5 Å². The van der Waals surface area contributed by atoms with Gasteiger partial charge in [-0.25, -0.2) is 0 Å². The Labute approximate surface area is 124 Å². The fourth-order valence-corrected chi connectivity index (χ4v) is 1.81. The highest BCUT2D eigenvalue weighted by molar-refractivity contribution is 6.28. The van der Waals surface area contributed by atoms with E-state index in [1.165, 1.54) is 12.8 Å². The number of rotatable bonds is 10. The lowest BCUT2D eigenvalue weighted by Crippen LogP contribution is -2.12. The Morgan fingerprint density at radius 1 is 1.15 bits per heavy atom. The molecule has 0 aromatic carbocycles. The first-order chi connectivity index (χ1) is 9.78. The number of aromatic nitrogens is 3. The lowest BCUT2D eigenvalue weighted by atomic mass is 10.4. The van der Waals surface area contributed by atoms with Crippen molar-refractivity contribution >= 4 is 23.5 Å². The first-order valence-electron chi connectivity index (χ1n) is 7.25. The van der Waals surface area contributed by atoms with Gasteiger partial charge < -0.3 is 15.4 Å². The van der Waals surface area contributed by atoms with Crippen LogP contribution in [-0.4, -0.2) is 41.3 Å². The zero-order valence-corrected chi connectivity index (χ0v) is 12.6. The molecular formula is C13H22ClN5O. The van der Waals surface area contributed by atoms with Crippen molar-refractivity contribution in [1.29, 1.82) is 0 Å². The first kappa shape index (κ1) is 15.3. The first-order valence-corrected chi connectivity index (χ1v) is 7.62. The van der Waals surface area contributed by atoms with Crippen molar-refractivity contribution in [3.63, 3.8) is 0 Å². The minimum absolute atomic E-state index is 0.200. The van der Waals surface area contributed by atoms with Crippen LogP contribution in [0.1, 0.15) is 32.6 Å². The third-order valence-corrected chi connectivity index (χ3v) is 3.11. The van der Waals surface area contributed by atoms with Gasteiger partial charge in [0.2, 0.25) is 17.2 Å². The van der Waals surface area contributed by atoms with Crippen LogP contribution in [-0.2, 0) is 4.74 Å². The van der Waals surface area contributed by atoms with Crippen LogP contribution >= 0.6 is 11.6 Å². The third-order valence-electron chi connectivity index (χ3n) is 2.94. The molecule has 0 atom stereocenters. The molecule has 0 aliphatic heterocycles. The van der Waals surface area contributed by atoms with Crippen molar-refractivity contribution in [2.45, 2.75) is 32.6 Å². The number of hydrogen-bond donors (Lipinski definition) is 2. The molecule has 1 fully saturated rings. The lowest BCUT2D eigenvalue weighted by Gasteiger charge is -2.08. The molecule has 2 rings (SSSR count). The Morgan fingerprint density at radius 2 is 1.85 bits per heavy atom. The molecule has 1 heterocycles. The average Bonchev–Trinajstić information content (AvgIpc) is 3.24. The van der Waals surface area contributed by atoms with Gasteiger partial charge in [0.1, 0.15) is 0 Å². The van der Waals surface area contributed by atoms with Gasteiger partial charge in [0, 0.05) is 26.3 Å². The molecule has 1 aliphatic carbocycles. The molecule has 1 aromatic heterocycles. The standard InChI is InChI=1S/C13H22ClN5O/c1-2-6-15-12-17-11(14)18-13(19-12)16-7-3-8-20-9-10-4-5-10/h10H,2-9H2,1H3,(H2,15,16,17,18,19). The van der Waals surface area contributed by atoms with Gasteiger partial charge >= 0.3 is 0 Å². The topological polar surface area (TPSA) is 72.0 Å². The average molecular weight is 300 g/mol. The molecule has 0 radical (unpaired) electrons. The Morgan fingerprint density at radius 3 is 2.50 bits per heavy atom. The molecule has 0 spiro atoms. The van der Waals surface area contributed by atoms with E-state index in [0.29, 0.717) is 11.9 Å². The van der Waals surface area contributed by atoms with Crippen molar-refractivity contribution in [3.8, 4) is 0 Å². The summed E-state index contributed by atoms with van der Waals surface area (Å²) in [6, 6.07) is 0. The van der Waals surface area contributed by atoms with Gasteiger partial charge in [0.15, 0.2) is 0 Å². The molecule has 1 aromatic rings. The molecule has 20 heavy (non-hydrogen) atoms. The Kier molecular flexibility index (Phi) is 6.26. The van der Waals surface area contributed by atoms with Gasteiger partial charge in [-0.05, 0) is 43.2 Å². The van der Waals surface area contributed by atoms with E-state index in [1.54, 1.807) is 0 Å².